The van der Waals surface area contributed by atoms with Gasteiger partial charge in [-0.3, -0.25) is 0 Å². The number of rotatable bonds is 6. The monoisotopic (exact) mass is 210 g/mol. The molecule has 4 nitrogen and oxygen atoms in total. The number of unbranched alkanes of at least 4 members (excludes halogenated alkanes) is 1. The van der Waals surface area contributed by atoms with Gasteiger partial charge in [-0.1, -0.05) is 26.3 Å². The average molecular weight is 210 g/mol. The molecule has 0 aromatic heterocycles. The minimum absolute atomic E-state index is 0.411. The van der Waals surface area contributed by atoms with Gasteiger partial charge in [0.1, 0.15) is 6.04 Å². The number of aliphatic carboxylic acids is 1. The van der Waals surface area contributed by atoms with E-state index < -0.39 is 12.0 Å². The Balaban J connectivity index is 2.54. The van der Waals surface area contributed by atoms with Crippen LogP contribution in [0.25, 0.3) is 0 Å². The lowest BCUT2D eigenvalue weighted by atomic mass is 10.1. The standard InChI is InChI=1S/C11H18N2O2/c1-3-5-6-10(11(14)15)13-8-7-12(4-2)9-13/h4,7-8,10H,2-3,5-6,9H2,1H3,(H,14,15). The number of carboxylic acid groups (broad SMARTS) is 1. The second-order valence-electron chi connectivity index (χ2n) is 3.65. The highest BCUT2D eigenvalue weighted by Crippen LogP contribution is 2.15. The van der Waals surface area contributed by atoms with Crippen LogP contribution in [-0.4, -0.2) is 33.6 Å². The molecule has 0 spiro atoms. The molecule has 0 aromatic carbocycles. The minimum Gasteiger partial charge on any atom is -0.480 e. The van der Waals surface area contributed by atoms with Crippen LogP contribution in [0.5, 0.6) is 0 Å². The third-order valence-corrected chi connectivity index (χ3v) is 2.53. The smallest absolute Gasteiger partial charge is 0.326 e. The van der Waals surface area contributed by atoms with Crippen molar-refractivity contribution in [3.63, 3.8) is 0 Å². The Bertz CT molecular complexity index is 263. The van der Waals surface area contributed by atoms with Crippen LogP contribution < -0.4 is 0 Å². The molecule has 1 atom stereocenters. The van der Waals surface area contributed by atoms with Gasteiger partial charge in [-0.2, -0.15) is 0 Å². The molecular formula is C11H18N2O2. The molecule has 1 aliphatic rings. The average Bonchev–Trinajstić information content (AvgIpc) is 2.66. The molecule has 0 amide bonds. The summed E-state index contributed by atoms with van der Waals surface area (Å²) in [6.07, 6.45) is 8.00. The highest BCUT2D eigenvalue weighted by Gasteiger charge is 2.25. The van der Waals surface area contributed by atoms with Crippen LogP contribution in [0.15, 0.2) is 25.2 Å². The van der Waals surface area contributed by atoms with Gasteiger partial charge >= 0.3 is 5.97 Å². The summed E-state index contributed by atoms with van der Waals surface area (Å²) in [4.78, 5) is 14.8. The molecule has 15 heavy (non-hydrogen) atoms. The van der Waals surface area contributed by atoms with Crippen LogP contribution in [0.3, 0.4) is 0 Å². The fourth-order valence-corrected chi connectivity index (χ4v) is 1.60. The van der Waals surface area contributed by atoms with Gasteiger partial charge in [0, 0.05) is 12.4 Å². The second-order valence-corrected chi connectivity index (χ2v) is 3.65. The predicted molar refractivity (Wildman–Crippen MR) is 58.8 cm³/mol. The van der Waals surface area contributed by atoms with E-state index in [4.69, 9.17) is 5.11 Å². The highest BCUT2D eigenvalue weighted by atomic mass is 16.4. The van der Waals surface area contributed by atoms with Crippen LogP contribution >= 0.6 is 0 Å². The first-order chi connectivity index (χ1) is 7.19. The molecule has 0 aliphatic carbocycles. The van der Waals surface area contributed by atoms with Gasteiger partial charge in [-0.25, -0.2) is 4.79 Å². The molecule has 0 radical (unpaired) electrons. The van der Waals surface area contributed by atoms with Crippen molar-refractivity contribution in [3.05, 3.63) is 25.2 Å². The van der Waals surface area contributed by atoms with Crippen LogP contribution in [0.2, 0.25) is 0 Å². The maximum Gasteiger partial charge on any atom is 0.326 e. The summed E-state index contributed by atoms with van der Waals surface area (Å²) in [7, 11) is 0. The zero-order valence-electron chi connectivity index (χ0n) is 9.09. The third kappa shape index (κ3) is 3.01. The Labute approximate surface area is 90.5 Å². The molecule has 1 rings (SSSR count). The highest BCUT2D eigenvalue weighted by molar-refractivity contribution is 5.73. The van der Waals surface area contributed by atoms with E-state index in [2.05, 4.69) is 13.5 Å². The van der Waals surface area contributed by atoms with E-state index in [1.54, 1.807) is 6.20 Å². The molecule has 84 valence electrons. The molecule has 0 bridgehead atoms. The molecule has 4 heteroatoms. The molecule has 0 fully saturated rings. The van der Waals surface area contributed by atoms with E-state index in [1.807, 2.05) is 22.2 Å². The quantitative estimate of drug-likeness (QED) is 0.726. The molecule has 0 saturated heterocycles. The lowest BCUT2D eigenvalue weighted by Gasteiger charge is -2.25. The number of carboxylic acids is 1. The summed E-state index contributed by atoms with van der Waals surface area (Å²) in [5, 5.41) is 9.10. The largest absolute Gasteiger partial charge is 0.480 e. The Hall–Kier alpha value is -1.45. The first kappa shape index (κ1) is 11.6. The number of hydrogen-bond donors (Lipinski definition) is 1. The van der Waals surface area contributed by atoms with Crippen molar-refractivity contribution < 1.29 is 9.90 Å². The second kappa shape index (κ2) is 5.44. The summed E-state index contributed by atoms with van der Waals surface area (Å²) in [6, 6.07) is -0.411. The maximum atomic E-state index is 11.1. The van der Waals surface area contributed by atoms with Gasteiger partial charge in [-0.15, -0.1) is 0 Å². The van der Waals surface area contributed by atoms with Gasteiger partial charge in [0.25, 0.3) is 0 Å². The first-order valence-electron chi connectivity index (χ1n) is 5.24. The van der Waals surface area contributed by atoms with Crippen molar-refractivity contribution in [3.8, 4) is 0 Å². The molecule has 0 saturated carbocycles. The SMILES string of the molecule is C=CN1C=CN(C(CCCC)C(=O)O)C1. The normalized spacial score (nSPS) is 16.9. The van der Waals surface area contributed by atoms with Crippen LogP contribution in [0, 0.1) is 0 Å². The van der Waals surface area contributed by atoms with E-state index in [9.17, 15) is 4.79 Å². The van der Waals surface area contributed by atoms with Gasteiger partial charge in [0.2, 0.25) is 0 Å². The van der Waals surface area contributed by atoms with Crippen molar-refractivity contribution in [2.75, 3.05) is 6.67 Å². The molecule has 1 aliphatic heterocycles. The van der Waals surface area contributed by atoms with Crippen LogP contribution in [-0.2, 0) is 4.79 Å². The van der Waals surface area contributed by atoms with Crippen molar-refractivity contribution in [1.29, 1.82) is 0 Å². The van der Waals surface area contributed by atoms with Crippen LogP contribution in [0.1, 0.15) is 26.2 Å². The lowest BCUT2D eigenvalue weighted by Crippen LogP contribution is -2.38. The zero-order chi connectivity index (χ0) is 11.3. The summed E-state index contributed by atoms with van der Waals surface area (Å²) in [6.45, 7) is 6.30. The lowest BCUT2D eigenvalue weighted by molar-refractivity contribution is -0.142. The molecule has 0 aromatic rings. The third-order valence-electron chi connectivity index (χ3n) is 2.53. The van der Waals surface area contributed by atoms with Crippen molar-refractivity contribution in [2.24, 2.45) is 0 Å². The first-order valence-corrected chi connectivity index (χ1v) is 5.24. The summed E-state index contributed by atoms with van der Waals surface area (Å²) < 4.78 is 0. The molecule has 1 heterocycles. The van der Waals surface area contributed by atoms with Crippen LogP contribution in [0.4, 0.5) is 0 Å². The summed E-state index contributed by atoms with van der Waals surface area (Å²) in [5.41, 5.74) is 0. The van der Waals surface area contributed by atoms with Crippen molar-refractivity contribution in [2.45, 2.75) is 32.2 Å². The minimum atomic E-state index is -0.751. The molecular weight excluding hydrogens is 192 g/mol. The Morgan fingerprint density at radius 3 is 2.87 bits per heavy atom. The van der Waals surface area contributed by atoms with Crippen molar-refractivity contribution >= 4 is 5.97 Å². The number of nitrogens with zero attached hydrogens (tertiary/aromatic N) is 2. The Morgan fingerprint density at radius 2 is 2.40 bits per heavy atom. The topological polar surface area (TPSA) is 43.8 Å². The van der Waals surface area contributed by atoms with Gasteiger partial charge in [0.15, 0.2) is 0 Å². The predicted octanol–water partition coefficient (Wildman–Crippen LogP) is 1.82. The van der Waals surface area contributed by atoms with E-state index in [-0.39, 0.29) is 0 Å². The molecule has 1 N–H and O–H groups in total. The Kier molecular flexibility index (Phi) is 4.21. The fraction of sp³-hybridized carbons (Fsp3) is 0.545. The van der Waals surface area contributed by atoms with Gasteiger partial charge in [-0.05, 0) is 12.6 Å². The van der Waals surface area contributed by atoms with Gasteiger partial charge in [0.05, 0.1) is 6.67 Å². The molecule has 1 unspecified atom stereocenters. The number of hydrogen-bond acceptors (Lipinski definition) is 3. The van der Waals surface area contributed by atoms with E-state index in [0.29, 0.717) is 13.1 Å². The zero-order valence-corrected chi connectivity index (χ0v) is 9.09. The van der Waals surface area contributed by atoms with E-state index in [0.717, 1.165) is 12.8 Å². The summed E-state index contributed by atoms with van der Waals surface area (Å²) >= 11 is 0. The van der Waals surface area contributed by atoms with E-state index in [1.165, 1.54) is 0 Å². The Morgan fingerprint density at radius 1 is 1.67 bits per heavy atom. The fourth-order valence-electron chi connectivity index (χ4n) is 1.60. The summed E-state index contributed by atoms with van der Waals surface area (Å²) in [5.74, 6) is -0.751. The van der Waals surface area contributed by atoms with E-state index >= 15 is 0 Å². The number of carbonyl (C=O) groups is 1. The van der Waals surface area contributed by atoms with Gasteiger partial charge < -0.3 is 14.9 Å². The maximum absolute atomic E-state index is 11.1. The van der Waals surface area contributed by atoms with Crippen molar-refractivity contribution in [1.82, 2.24) is 9.80 Å².